The molecule has 1 saturated heterocycles. The molecule has 1 aliphatic rings. The summed E-state index contributed by atoms with van der Waals surface area (Å²) in [6.07, 6.45) is 2.38. The maximum atomic E-state index is 6.03. The number of halogens is 3. The molecule has 2 N–H and O–H groups in total. The Morgan fingerprint density at radius 2 is 2.00 bits per heavy atom. The van der Waals surface area contributed by atoms with Crippen molar-refractivity contribution in [3.63, 3.8) is 0 Å². The zero-order valence-corrected chi connectivity index (χ0v) is 13.7. The van der Waals surface area contributed by atoms with Gasteiger partial charge in [0.05, 0.1) is 0 Å². The number of benzene rings is 1. The standard InChI is InChI=1S/C13H19BrN2.2ClH/c1-10(12-6-2-3-7-13(12)14)16-8-4-5-11(15)9-16;;/h2-3,6-7,10-11H,4-5,8-9,15H2,1H3;2*1H. The van der Waals surface area contributed by atoms with Crippen LogP contribution in [0.5, 0.6) is 0 Å². The summed E-state index contributed by atoms with van der Waals surface area (Å²) in [5.74, 6) is 0. The van der Waals surface area contributed by atoms with Crippen LogP contribution >= 0.6 is 40.7 Å². The van der Waals surface area contributed by atoms with Crippen LogP contribution in [-0.2, 0) is 0 Å². The van der Waals surface area contributed by atoms with Gasteiger partial charge in [0.25, 0.3) is 0 Å². The Bertz CT molecular complexity index is 363. The van der Waals surface area contributed by atoms with Gasteiger partial charge in [-0.05, 0) is 37.9 Å². The SMILES string of the molecule is CC(c1ccccc1Br)N1CCCC(N)C1.Cl.Cl. The molecule has 0 saturated carbocycles. The first-order valence-corrected chi connectivity index (χ1v) is 6.72. The Morgan fingerprint density at radius 3 is 2.61 bits per heavy atom. The van der Waals surface area contributed by atoms with E-state index in [0.29, 0.717) is 12.1 Å². The van der Waals surface area contributed by atoms with Crippen molar-refractivity contribution in [1.82, 2.24) is 4.90 Å². The van der Waals surface area contributed by atoms with Crippen molar-refractivity contribution in [1.29, 1.82) is 0 Å². The monoisotopic (exact) mass is 354 g/mol. The van der Waals surface area contributed by atoms with Crippen LogP contribution in [-0.4, -0.2) is 24.0 Å². The summed E-state index contributed by atoms with van der Waals surface area (Å²) >= 11 is 3.62. The molecule has 2 atom stereocenters. The van der Waals surface area contributed by atoms with Gasteiger partial charge in [0, 0.05) is 23.1 Å². The number of nitrogens with two attached hydrogens (primary N) is 1. The lowest BCUT2D eigenvalue weighted by molar-refractivity contribution is 0.159. The third kappa shape index (κ3) is 4.39. The zero-order chi connectivity index (χ0) is 11.5. The van der Waals surface area contributed by atoms with Gasteiger partial charge in [-0.15, -0.1) is 24.8 Å². The van der Waals surface area contributed by atoms with Crippen molar-refractivity contribution in [2.75, 3.05) is 13.1 Å². The normalized spacial score (nSPS) is 21.6. The number of nitrogens with zero attached hydrogens (tertiary/aromatic N) is 1. The Morgan fingerprint density at radius 1 is 1.33 bits per heavy atom. The number of hydrogen-bond donors (Lipinski definition) is 1. The molecule has 5 heteroatoms. The van der Waals surface area contributed by atoms with E-state index in [1.165, 1.54) is 22.9 Å². The molecule has 1 aliphatic heterocycles. The molecular formula is C13H21BrCl2N2. The Kier molecular flexibility index (Phi) is 8.48. The maximum absolute atomic E-state index is 6.03. The quantitative estimate of drug-likeness (QED) is 0.874. The molecule has 2 nitrogen and oxygen atoms in total. The lowest BCUT2D eigenvalue weighted by Gasteiger charge is -2.36. The minimum atomic E-state index is 0. The fourth-order valence-corrected chi connectivity index (χ4v) is 3.02. The van der Waals surface area contributed by atoms with Crippen molar-refractivity contribution in [3.8, 4) is 0 Å². The molecule has 1 heterocycles. The van der Waals surface area contributed by atoms with E-state index in [2.05, 4.69) is 52.0 Å². The van der Waals surface area contributed by atoms with Crippen LogP contribution in [0.2, 0.25) is 0 Å². The van der Waals surface area contributed by atoms with E-state index in [0.717, 1.165) is 13.1 Å². The lowest BCUT2D eigenvalue weighted by atomic mass is 10.0. The van der Waals surface area contributed by atoms with Gasteiger partial charge in [-0.3, -0.25) is 4.90 Å². The second kappa shape index (κ2) is 8.39. The highest BCUT2D eigenvalue weighted by Crippen LogP contribution is 2.29. The van der Waals surface area contributed by atoms with Crippen LogP contribution < -0.4 is 5.73 Å². The van der Waals surface area contributed by atoms with Gasteiger partial charge in [0.15, 0.2) is 0 Å². The van der Waals surface area contributed by atoms with Gasteiger partial charge in [-0.1, -0.05) is 34.1 Å². The average Bonchev–Trinajstić information content (AvgIpc) is 2.29. The van der Waals surface area contributed by atoms with Gasteiger partial charge in [-0.2, -0.15) is 0 Å². The van der Waals surface area contributed by atoms with Crippen LogP contribution in [0.15, 0.2) is 28.7 Å². The molecule has 2 rings (SSSR count). The molecule has 0 bridgehead atoms. The predicted octanol–water partition coefficient (Wildman–Crippen LogP) is 3.78. The Labute approximate surface area is 130 Å². The fourth-order valence-electron chi connectivity index (χ4n) is 2.40. The van der Waals surface area contributed by atoms with Crippen LogP contribution in [0.4, 0.5) is 0 Å². The number of hydrogen-bond acceptors (Lipinski definition) is 2. The van der Waals surface area contributed by atoms with E-state index in [1.807, 2.05) is 0 Å². The average molecular weight is 356 g/mol. The summed E-state index contributed by atoms with van der Waals surface area (Å²) in [5, 5.41) is 0. The molecule has 0 aromatic heterocycles. The van der Waals surface area contributed by atoms with E-state index in [9.17, 15) is 0 Å². The molecule has 18 heavy (non-hydrogen) atoms. The lowest BCUT2D eigenvalue weighted by Crippen LogP contribution is -2.43. The molecule has 0 spiro atoms. The Hall–Kier alpha value is 0.200. The number of rotatable bonds is 2. The minimum absolute atomic E-state index is 0. The first-order valence-electron chi connectivity index (χ1n) is 5.92. The fraction of sp³-hybridized carbons (Fsp3) is 0.538. The van der Waals surface area contributed by atoms with Gasteiger partial charge in [0.1, 0.15) is 0 Å². The van der Waals surface area contributed by atoms with E-state index in [-0.39, 0.29) is 24.8 Å². The predicted molar refractivity (Wildman–Crippen MR) is 85.8 cm³/mol. The van der Waals surface area contributed by atoms with E-state index in [1.54, 1.807) is 0 Å². The molecular weight excluding hydrogens is 335 g/mol. The van der Waals surface area contributed by atoms with Crippen LogP contribution in [0.3, 0.4) is 0 Å². The van der Waals surface area contributed by atoms with Gasteiger partial charge < -0.3 is 5.73 Å². The molecule has 2 unspecified atom stereocenters. The molecule has 1 fully saturated rings. The number of likely N-dealkylation sites (tertiary alicyclic amines) is 1. The van der Waals surface area contributed by atoms with Crippen molar-refractivity contribution in [2.24, 2.45) is 5.73 Å². The summed E-state index contributed by atoms with van der Waals surface area (Å²) in [6.45, 7) is 4.44. The summed E-state index contributed by atoms with van der Waals surface area (Å²) in [4.78, 5) is 2.48. The molecule has 1 aromatic rings. The highest BCUT2D eigenvalue weighted by Gasteiger charge is 2.22. The van der Waals surface area contributed by atoms with Crippen molar-refractivity contribution in [3.05, 3.63) is 34.3 Å². The van der Waals surface area contributed by atoms with E-state index < -0.39 is 0 Å². The Balaban J connectivity index is 0.00000144. The summed E-state index contributed by atoms with van der Waals surface area (Å²) in [5.41, 5.74) is 7.38. The summed E-state index contributed by atoms with van der Waals surface area (Å²) < 4.78 is 1.20. The third-order valence-electron chi connectivity index (χ3n) is 3.39. The van der Waals surface area contributed by atoms with Gasteiger partial charge in [-0.25, -0.2) is 0 Å². The van der Waals surface area contributed by atoms with Crippen LogP contribution in [0, 0.1) is 0 Å². The van der Waals surface area contributed by atoms with Crippen molar-refractivity contribution in [2.45, 2.75) is 31.8 Å². The van der Waals surface area contributed by atoms with Crippen molar-refractivity contribution >= 4 is 40.7 Å². The molecule has 104 valence electrons. The molecule has 1 aromatic carbocycles. The van der Waals surface area contributed by atoms with Crippen LogP contribution in [0.25, 0.3) is 0 Å². The van der Waals surface area contributed by atoms with Crippen LogP contribution in [0.1, 0.15) is 31.4 Å². The van der Waals surface area contributed by atoms with Crippen molar-refractivity contribution < 1.29 is 0 Å². The largest absolute Gasteiger partial charge is 0.327 e. The molecule has 0 aliphatic carbocycles. The number of piperidine rings is 1. The highest BCUT2D eigenvalue weighted by atomic mass is 79.9. The molecule has 0 amide bonds. The first-order chi connectivity index (χ1) is 7.68. The smallest absolute Gasteiger partial charge is 0.0331 e. The first kappa shape index (κ1) is 18.2. The summed E-state index contributed by atoms with van der Waals surface area (Å²) in [7, 11) is 0. The van der Waals surface area contributed by atoms with E-state index in [4.69, 9.17) is 5.73 Å². The zero-order valence-electron chi connectivity index (χ0n) is 10.5. The minimum Gasteiger partial charge on any atom is -0.327 e. The summed E-state index contributed by atoms with van der Waals surface area (Å²) in [6, 6.07) is 9.24. The second-order valence-electron chi connectivity index (χ2n) is 4.59. The van der Waals surface area contributed by atoms with E-state index >= 15 is 0 Å². The molecule has 0 radical (unpaired) electrons. The van der Waals surface area contributed by atoms with Gasteiger partial charge in [0.2, 0.25) is 0 Å². The topological polar surface area (TPSA) is 29.3 Å². The second-order valence-corrected chi connectivity index (χ2v) is 5.45. The third-order valence-corrected chi connectivity index (χ3v) is 4.11. The highest BCUT2D eigenvalue weighted by molar-refractivity contribution is 9.10. The van der Waals surface area contributed by atoms with Gasteiger partial charge >= 0.3 is 0 Å². The maximum Gasteiger partial charge on any atom is 0.0331 e.